The SMILES string of the molecule is CCCSCc1noc(CC(O)C(C)C)n1. The molecule has 5 heteroatoms. The molecule has 4 nitrogen and oxygen atoms in total. The normalized spacial score (nSPS) is 13.3. The van der Waals surface area contributed by atoms with Gasteiger partial charge in [-0.2, -0.15) is 16.7 Å². The molecule has 0 aromatic carbocycles. The van der Waals surface area contributed by atoms with E-state index in [4.69, 9.17) is 4.52 Å². The van der Waals surface area contributed by atoms with Crippen LogP contribution in [-0.2, 0) is 12.2 Å². The molecule has 1 atom stereocenters. The fourth-order valence-corrected chi connectivity index (χ4v) is 1.89. The maximum absolute atomic E-state index is 9.67. The highest BCUT2D eigenvalue weighted by atomic mass is 32.2. The van der Waals surface area contributed by atoms with Gasteiger partial charge in [0.05, 0.1) is 18.3 Å². The van der Waals surface area contributed by atoms with Crippen molar-refractivity contribution in [1.82, 2.24) is 10.1 Å². The van der Waals surface area contributed by atoms with Gasteiger partial charge in [-0.15, -0.1) is 0 Å². The number of thioether (sulfide) groups is 1. The molecule has 1 rings (SSSR count). The van der Waals surface area contributed by atoms with E-state index in [0.717, 1.165) is 23.8 Å². The van der Waals surface area contributed by atoms with Gasteiger partial charge in [-0.05, 0) is 18.1 Å². The Kier molecular flexibility index (Phi) is 5.84. The average molecular weight is 244 g/mol. The van der Waals surface area contributed by atoms with Crippen molar-refractivity contribution in [3.8, 4) is 0 Å². The quantitative estimate of drug-likeness (QED) is 0.746. The predicted molar refractivity (Wildman–Crippen MR) is 65.3 cm³/mol. The minimum absolute atomic E-state index is 0.213. The molecule has 92 valence electrons. The van der Waals surface area contributed by atoms with Gasteiger partial charge < -0.3 is 9.63 Å². The summed E-state index contributed by atoms with van der Waals surface area (Å²) in [7, 11) is 0. The first-order chi connectivity index (χ1) is 7.63. The van der Waals surface area contributed by atoms with Crippen molar-refractivity contribution >= 4 is 11.8 Å². The Bertz CT molecular complexity index is 302. The largest absolute Gasteiger partial charge is 0.392 e. The molecular weight excluding hydrogens is 224 g/mol. The maximum Gasteiger partial charge on any atom is 0.229 e. The second-order valence-corrected chi connectivity index (χ2v) is 5.28. The van der Waals surface area contributed by atoms with Gasteiger partial charge in [0.2, 0.25) is 5.89 Å². The van der Waals surface area contributed by atoms with E-state index in [1.165, 1.54) is 0 Å². The van der Waals surface area contributed by atoms with Crippen LogP contribution in [0, 0.1) is 5.92 Å². The van der Waals surface area contributed by atoms with Crippen LogP contribution < -0.4 is 0 Å². The average Bonchev–Trinajstić information content (AvgIpc) is 2.66. The Morgan fingerprint density at radius 1 is 1.44 bits per heavy atom. The minimum Gasteiger partial charge on any atom is -0.392 e. The lowest BCUT2D eigenvalue weighted by molar-refractivity contribution is 0.116. The lowest BCUT2D eigenvalue weighted by Gasteiger charge is -2.10. The zero-order valence-corrected chi connectivity index (χ0v) is 11.0. The number of aromatic nitrogens is 2. The summed E-state index contributed by atoms with van der Waals surface area (Å²) in [6.07, 6.45) is 1.20. The zero-order chi connectivity index (χ0) is 12.0. The summed E-state index contributed by atoms with van der Waals surface area (Å²) in [4.78, 5) is 4.25. The molecule has 1 heterocycles. The van der Waals surface area contributed by atoms with Crippen molar-refractivity contribution in [3.63, 3.8) is 0 Å². The molecule has 0 aliphatic carbocycles. The molecule has 16 heavy (non-hydrogen) atoms. The van der Waals surface area contributed by atoms with Gasteiger partial charge in [-0.3, -0.25) is 0 Å². The smallest absolute Gasteiger partial charge is 0.229 e. The van der Waals surface area contributed by atoms with Crippen molar-refractivity contribution in [1.29, 1.82) is 0 Å². The molecule has 0 radical (unpaired) electrons. The van der Waals surface area contributed by atoms with E-state index in [9.17, 15) is 5.11 Å². The van der Waals surface area contributed by atoms with Crippen LogP contribution in [0.1, 0.15) is 38.9 Å². The second kappa shape index (κ2) is 6.91. The van der Waals surface area contributed by atoms with Crippen LogP contribution in [-0.4, -0.2) is 27.1 Å². The third-order valence-corrected chi connectivity index (χ3v) is 3.40. The molecule has 1 aromatic rings. The lowest BCUT2D eigenvalue weighted by Crippen LogP contribution is -2.17. The van der Waals surface area contributed by atoms with Gasteiger partial charge in [0.1, 0.15) is 0 Å². The third-order valence-electron chi connectivity index (χ3n) is 2.24. The highest BCUT2D eigenvalue weighted by Crippen LogP contribution is 2.12. The summed E-state index contributed by atoms with van der Waals surface area (Å²) in [6.45, 7) is 6.09. The molecular formula is C11H20N2O2S. The van der Waals surface area contributed by atoms with Crippen LogP contribution in [0.4, 0.5) is 0 Å². The third kappa shape index (κ3) is 4.53. The monoisotopic (exact) mass is 244 g/mol. The Morgan fingerprint density at radius 3 is 2.81 bits per heavy atom. The Balaban J connectivity index is 2.39. The summed E-state index contributed by atoms with van der Waals surface area (Å²) in [5.74, 6) is 3.37. The minimum atomic E-state index is -0.406. The van der Waals surface area contributed by atoms with Gasteiger partial charge in [0, 0.05) is 0 Å². The van der Waals surface area contributed by atoms with Crippen LogP contribution >= 0.6 is 11.8 Å². The standard InChI is InChI=1S/C11H20N2O2S/c1-4-5-16-7-10-12-11(15-13-10)6-9(14)8(2)3/h8-9,14H,4-7H2,1-3H3. The van der Waals surface area contributed by atoms with E-state index in [-0.39, 0.29) is 5.92 Å². The predicted octanol–water partition coefficient (Wildman–Crippen LogP) is 2.27. The van der Waals surface area contributed by atoms with E-state index in [1.54, 1.807) is 11.8 Å². The fourth-order valence-electron chi connectivity index (χ4n) is 1.15. The molecule has 0 saturated carbocycles. The van der Waals surface area contributed by atoms with Gasteiger partial charge in [0.15, 0.2) is 5.82 Å². The number of hydrogen-bond donors (Lipinski definition) is 1. The van der Waals surface area contributed by atoms with Gasteiger partial charge in [0.25, 0.3) is 0 Å². The van der Waals surface area contributed by atoms with Crippen LogP contribution in [0.2, 0.25) is 0 Å². The number of aliphatic hydroxyl groups is 1. The van der Waals surface area contributed by atoms with Crippen LogP contribution in [0.25, 0.3) is 0 Å². The summed E-state index contributed by atoms with van der Waals surface area (Å²) < 4.78 is 5.08. The Labute approximate surface area is 101 Å². The zero-order valence-electron chi connectivity index (χ0n) is 10.1. The second-order valence-electron chi connectivity index (χ2n) is 4.17. The first-order valence-electron chi connectivity index (χ1n) is 5.70. The highest BCUT2D eigenvalue weighted by molar-refractivity contribution is 7.98. The molecule has 1 N–H and O–H groups in total. The van der Waals surface area contributed by atoms with E-state index in [0.29, 0.717) is 12.3 Å². The molecule has 0 bridgehead atoms. The first-order valence-corrected chi connectivity index (χ1v) is 6.86. The van der Waals surface area contributed by atoms with E-state index in [1.807, 2.05) is 13.8 Å². The van der Waals surface area contributed by atoms with E-state index >= 15 is 0 Å². The van der Waals surface area contributed by atoms with Gasteiger partial charge in [-0.25, -0.2) is 0 Å². The summed E-state index contributed by atoms with van der Waals surface area (Å²) in [5.41, 5.74) is 0. The number of nitrogens with zero attached hydrogens (tertiary/aromatic N) is 2. The molecule has 0 aliphatic heterocycles. The topological polar surface area (TPSA) is 59.2 Å². The summed E-state index contributed by atoms with van der Waals surface area (Å²) in [5, 5.41) is 13.6. The van der Waals surface area contributed by atoms with Gasteiger partial charge >= 0.3 is 0 Å². The van der Waals surface area contributed by atoms with Crippen molar-refractivity contribution in [2.45, 2.75) is 45.5 Å². The van der Waals surface area contributed by atoms with Crippen molar-refractivity contribution < 1.29 is 9.63 Å². The number of rotatable bonds is 7. The molecule has 1 aromatic heterocycles. The fraction of sp³-hybridized carbons (Fsp3) is 0.818. The van der Waals surface area contributed by atoms with Crippen LogP contribution in [0.3, 0.4) is 0 Å². The highest BCUT2D eigenvalue weighted by Gasteiger charge is 2.14. The van der Waals surface area contributed by atoms with Crippen molar-refractivity contribution in [2.24, 2.45) is 5.92 Å². The Morgan fingerprint density at radius 2 is 2.19 bits per heavy atom. The number of aliphatic hydroxyl groups excluding tert-OH is 1. The van der Waals surface area contributed by atoms with Crippen LogP contribution in [0.5, 0.6) is 0 Å². The van der Waals surface area contributed by atoms with Crippen molar-refractivity contribution in [3.05, 3.63) is 11.7 Å². The number of hydrogen-bond acceptors (Lipinski definition) is 5. The molecule has 0 fully saturated rings. The molecule has 0 saturated heterocycles. The summed E-state index contributed by atoms with van der Waals surface area (Å²) in [6, 6.07) is 0. The maximum atomic E-state index is 9.67. The molecule has 0 aliphatic rings. The molecule has 0 spiro atoms. The first kappa shape index (κ1) is 13.5. The van der Waals surface area contributed by atoms with E-state index < -0.39 is 6.10 Å². The van der Waals surface area contributed by atoms with Crippen LogP contribution in [0.15, 0.2) is 4.52 Å². The summed E-state index contributed by atoms with van der Waals surface area (Å²) >= 11 is 1.80. The van der Waals surface area contributed by atoms with Gasteiger partial charge in [-0.1, -0.05) is 25.9 Å². The Hall–Kier alpha value is -0.550. The van der Waals surface area contributed by atoms with E-state index in [2.05, 4.69) is 17.1 Å². The molecule has 0 amide bonds. The molecule has 1 unspecified atom stereocenters. The van der Waals surface area contributed by atoms with Crippen molar-refractivity contribution in [2.75, 3.05) is 5.75 Å². The lowest BCUT2D eigenvalue weighted by atomic mass is 10.0.